The number of amides is 1. The number of nitrogens with one attached hydrogen (secondary N) is 1. The lowest BCUT2D eigenvalue weighted by Crippen LogP contribution is -2.27. The molecule has 94 valence electrons. The van der Waals surface area contributed by atoms with Gasteiger partial charge in [-0.2, -0.15) is 0 Å². The molecule has 1 unspecified atom stereocenters. The third-order valence-electron chi connectivity index (χ3n) is 2.89. The van der Waals surface area contributed by atoms with E-state index in [1.165, 1.54) is 0 Å². The van der Waals surface area contributed by atoms with Crippen LogP contribution in [0.4, 0.5) is 0 Å². The van der Waals surface area contributed by atoms with Crippen molar-refractivity contribution in [3.63, 3.8) is 0 Å². The smallest absolute Gasteiger partial charge is 0.251 e. The number of hydrogen-bond acceptors (Lipinski definition) is 1. The molecule has 3 heteroatoms. The van der Waals surface area contributed by atoms with E-state index >= 15 is 0 Å². The van der Waals surface area contributed by atoms with E-state index in [4.69, 9.17) is 11.6 Å². The summed E-state index contributed by atoms with van der Waals surface area (Å²) >= 11 is 6.01. The van der Waals surface area contributed by atoms with Crippen molar-refractivity contribution in [1.82, 2.24) is 5.32 Å². The molecule has 0 fully saturated rings. The predicted molar refractivity (Wildman–Crippen MR) is 72.8 cm³/mol. The first kappa shape index (κ1) is 14.0. The average molecular weight is 254 g/mol. The molecule has 1 amide bonds. The molecule has 0 radical (unpaired) electrons. The molecule has 0 bridgehead atoms. The van der Waals surface area contributed by atoms with Crippen LogP contribution in [0, 0.1) is 13.8 Å². The molecule has 0 spiro atoms. The fourth-order valence-corrected chi connectivity index (χ4v) is 1.92. The van der Waals surface area contributed by atoms with Crippen molar-refractivity contribution in [2.24, 2.45) is 0 Å². The Morgan fingerprint density at radius 2 is 1.94 bits per heavy atom. The summed E-state index contributed by atoms with van der Waals surface area (Å²) in [4.78, 5) is 12.0. The highest BCUT2D eigenvalue weighted by Crippen LogP contribution is 2.13. The van der Waals surface area contributed by atoms with Gasteiger partial charge < -0.3 is 5.32 Å². The largest absolute Gasteiger partial charge is 0.352 e. The van der Waals surface area contributed by atoms with Gasteiger partial charge in [-0.3, -0.25) is 4.79 Å². The van der Waals surface area contributed by atoms with Crippen LogP contribution in [-0.4, -0.2) is 17.8 Å². The summed E-state index contributed by atoms with van der Waals surface area (Å²) < 4.78 is 0. The second-order valence-corrected chi connectivity index (χ2v) is 4.93. The van der Waals surface area contributed by atoms with Crippen molar-refractivity contribution < 1.29 is 4.79 Å². The van der Waals surface area contributed by atoms with Crippen LogP contribution in [0.5, 0.6) is 0 Å². The SMILES string of the molecule is CCC(Cl)CCNC(=O)c1c(C)cccc1C. The van der Waals surface area contributed by atoms with E-state index in [0.717, 1.165) is 29.5 Å². The highest BCUT2D eigenvalue weighted by Gasteiger charge is 2.11. The van der Waals surface area contributed by atoms with Crippen molar-refractivity contribution in [1.29, 1.82) is 0 Å². The quantitative estimate of drug-likeness (QED) is 0.801. The number of aryl methyl sites for hydroxylation is 2. The molecule has 1 aromatic rings. The lowest BCUT2D eigenvalue weighted by atomic mass is 10.0. The van der Waals surface area contributed by atoms with Crippen LogP contribution in [0.2, 0.25) is 0 Å². The first-order chi connectivity index (χ1) is 8.06. The summed E-state index contributed by atoms with van der Waals surface area (Å²) in [5.41, 5.74) is 2.82. The molecule has 0 aliphatic carbocycles. The molecule has 17 heavy (non-hydrogen) atoms. The average Bonchev–Trinajstić information content (AvgIpc) is 2.28. The van der Waals surface area contributed by atoms with Gasteiger partial charge in [-0.25, -0.2) is 0 Å². The molecule has 0 aliphatic rings. The van der Waals surface area contributed by atoms with Gasteiger partial charge in [0.25, 0.3) is 5.91 Å². The van der Waals surface area contributed by atoms with Crippen molar-refractivity contribution in [3.05, 3.63) is 34.9 Å². The van der Waals surface area contributed by atoms with Gasteiger partial charge in [-0.15, -0.1) is 11.6 Å². The Morgan fingerprint density at radius 1 is 1.35 bits per heavy atom. The molecule has 0 saturated carbocycles. The fourth-order valence-electron chi connectivity index (χ4n) is 1.81. The Kier molecular flexibility index (Phi) is 5.49. The normalized spacial score (nSPS) is 12.2. The zero-order chi connectivity index (χ0) is 12.8. The van der Waals surface area contributed by atoms with Gasteiger partial charge in [0.15, 0.2) is 0 Å². The number of carbonyl (C=O) groups excluding carboxylic acids is 1. The first-order valence-corrected chi connectivity index (χ1v) is 6.48. The van der Waals surface area contributed by atoms with Crippen molar-refractivity contribution in [3.8, 4) is 0 Å². The Balaban J connectivity index is 2.59. The van der Waals surface area contributed by atoms with E-state index in [-0.39, 0.29) is 11.3 Å². The molecule has 1 rings (SSSR count). The van der Waals surface area contributed by atoms with Gasteiger partial charge in [0.05, 0.1) is 0 Å². The maximum Gasteiger partial charge on any atom is 0.251 e. The molecule has 2 nitrogen and oxygen atoms in total. The second kappa shape index (κ2) is 6.65. The van der Waals surface area contributed by atoms with Crippen LogP contribution >= 0.6 is 11.6 Å². The lowest BCUT2D eigenvalue weighted by molar-refractivity contribution is 0.0952. The minimum atomic E-state index is 0.000528. The summed E-state index contributed by atoms with van der Waals surface area (Å²) in [5.74, 6) is 0.000528. The van der Waals surface area contributed by atoms with E-state index in [1.54, 1.807) is 0 Å². The summed E-state index contributed by atoms with van der Waals surface area (Å²) in [6.07, 6.45) is 1.75. The molecule has 0 heterocycles. The summed E-state index contributed by atoms with van der Waals surface area (Å²) in [7, 11) is 0. The monoisotopic (exact) mass is 253 g/mol. The first-order valence-electron chi connectivity index (χ1n) is 6.04. The second-order valence-electron chi connectivity index (χ2n) is 4.32. The van der Waals surface area contributed by atoms with Crippen LogP contribution in [-0.2, 0) is 0 Å². The third kappa shape index (κ3) is 4.04. The number of alkyl halides is 1. The lowest BCUT2D eigenvalue weighted by Gasteiger charge is -2.11. The number of hydrogen-bond donors (Lipinski definition) is 1. The van der Waals surface area contributed by atoms with Crippen molar-refractivity contribution in [2.45, 2.75) is 39.0 Å². The number of halogens is 1. The van der Waals surface area contributed by atoms with E-state index < -0.39 is 0 Å². The van der Waals surface area contributed by atoms with E-state index in [1.807, 2.05) is 39.0 Å². The maximum absolute atomic E-state index is 12.0. The Bertz CT molecular complexity index is 370. The van der Waals surface area contributed by atoms with Crippen molar-refractivity contribution >= 4 is 17.5 Å². The maximum atomic E-state index is 12.0. The van der Waals surface area contributed by atoms with E-state index in [0.29, 0.717) is 6.54 Å². The Hall–Kier alpha value is -1.02. The minimum absolute atomic E-state index is 0.000528. The van der Waals surface area contributed by atoms with Gasteiger partial charge in [0.2, 0.25) is 0 Å². The van der Waals surface area contributed by atoms with E-state index in [9.17, 15) is 4.79 Å². The minimum Gasteiger partial charge on any atom is -0.352 e. The Morgan fingerprint density at radius 3 is 2.47 bits per heavy atom. The topological polar surface area (TPSA) is 29.1 Å². The number of carbonyl (C=O) groups is 1. The third-order valence-corrected chi connectivity index (χ3v) is 3.42. The van der Waals surface area contributed by atoms with Crippen LogP contribution in [0.3, 0.4) is 0 Å². The molecule has 0 aliphatic heterocycles. The molecule has 1 aromatic carbocycles. The summed E-state index contributed by atoms with van der Waals surface area (Å²) in [6, 6.07) is 5.88. The van der Waals surface area contributed by atoms with Gasteiger partial charge >= 0.3 is 0 Å². The molecule has 0 aromatic heterocycles. The highest BCUT2D eigenvalue weighted by molar-refractivity contribution is 6.20. The van der Waals surface area contributed by atoms with Crippen molar-refractivity contribution in [2.75, 3.05) is 6.54 Å². The van der Waals surface area contributed by atoms with Crippen LogP contribution in [0.15, 0.2) is 18.2 Å². The fraction of sp³-hybridized carbons (Fsp3) is 0.500. The molecule has 1 N–H and O–H groups in total. The number of rotatable bonds is 5. The van der Waals surface area contributed by atoms with Crippen LogP contribution in [0.25, 0.3) is 0 Å². The molecular formula is C14H20ClNO. The highest BCUT2D eigenvalue weighted by atomic mass is 35.5. The molecular weight excluding hydrogens is 234 g/mol. The van der Waals surface area contributed by atoms with Gasteiger partial charge in [0, 0.05) is 17.5 Å². The zero-order valence-electron chi connectivity index (χ0n) is 10.7. The van der Waals surface area contributed by atoms with Crippen LogP contribution in [0.1, 0.15) is 41.3 Å². The molecule has 1 atom stereocenters. The van der Waals surface area contributed by atoms with Crippen LogP contribution < -0.4 is 5.32 Å². The Labute approximate surface area is 108 Å². The summed E-state index contributed by atoms with van der Waals surface area (Å²) in [5, 5.41) is 3.07. The van der Waals surface area contributed by atoms with Gasteiger partial charge in [-0.1, -0.05) is 25.1 Å². The zero-order valence-corrected chi connectivity index (χ0v) is 11.5. The summed E-state index contributed by atoms with van der Waals surface area (Å²) in [6.45, 7) is 6.59. The predicted octanol–water partition coefficient (Wildman–Crippen LogP) is 3.44. The molecule has 0 saturated heterocycles. The van der Waals surface area contributed by atoms with Gasteiger partial charge in [0.1, 0.15) is 0 Å². The number of benzene rings is 1. The standard InChI is InChI=1S/C14H20ClNO/c1-4-12(15)8-9-16-14(17)13-10(2)6-5-7-11(13)3/h5-7,12H,4,8-9H2,1-3H3,(H,16,17). The van der Waals surface area contributed by atoms with E-state index in [2.05, 4.69) is 5.32 Å². The van der Waals surface area contributed by atoms with Gasteiger partial charge in [-0.05, 0) is 37.8 Å².